The molecule has 4 nitrogen and oxygen atoms in total. The number of hydrogen-bond donors (Lipinski definition) is 0. The van der Waals surface area contributed by atoms with Gasteiger partial charge >= 0.3 is 5.97 Å². The third kappa shape index (κ3) is 4.27. The van der Waals surface area contributed by atoms with Crippen LogP contribution in [-0.2, 0) is 11.3 Å². The molecule has 118 valence electrons. The van der Waals surface area contributed by atoms with Crippen molar-refractivity contribution in [2.45, 2.75) is 38.4 Å². The SMILES string of the molecule is CCCSc1ncc(OC(=O)CC)n1Cc1ccccc1Cl. The van der Waals surface area contributed by atoms with Crippen LogP contribution in [0.25, 0.3) is 0 Å². The molecule has 0 aliphatic heterocycles. The smallest absolute Gasteiger partial charge is 0.312 e. The molecule has 2 rings (SSSR count). The summed E-state index contributed by atoms with van der Waals surface area (Å²) in [7, 11) is 0. The van der Waals surface area contributed by atoms with Crippen molar-refractivity contribution >= 4 is 29.3 Å². The highest BCUT2D eigenvalue weighted by Crippen LogP contribution is 2.27. The summed E-state index contributed by atoms with van der Waals surface area (Å²) >= 11 is 7.88. The predicted octanol–water partition coefficient (Wildman–Crippen LogP) is 4.40. The molecule has 0 fully saturated rings. The minimum Gasteiger partial charge on any atom is -0.408 e. The van der Waals surface area contributed by atoms with Crippen molar-refractivity contribution in [2.75, 3.05) is 5.75 Å². The topological polar surface area (TPSA) is 44.1 Å². The predicted molar refractivity (Wildman–Crippen MR) is 89.7 cm³/mol. The number of benzene rings is 1. The largest absolute Gasteiger partial charge is 0.408 e. The third-order valence-corrected chi connectivity index (χ3v) is 4.58. The number of ether oxygens (including phenoxy) is 1. The Labute approximate surface area is 139 Å². The minimum absolute atomic E-state index is 0.271. The number of carbonyl (C=O) groups is 1. The van der Waals surface area contributed by atoms with Crippen molar-refractivity contribution in [3.63, 3.8) is 0 Å². The highest BCUT2D eigenvalue weighted by Gasteiger charge is 2.15. The Morgan fingerprint density at radius 3 is 2.82 bits per heavy atom. The molecule has 1 aromatic carbocycles. The van der Waals surface area contributed by atoms with Crippen molar-refractivity contribution in [1.82, 2.24) is 9.55 Å². The van der Waals surface area contributed by atoms with Crippen molar-refractivity contribution in [3.05, 3.63) is 41.0 Å². The van der Waals surface area contributed by atoms with Crippen LogP contribution in [0.15, 0.2) is 35.6 Å². The Hall–Kier alpha value is -1.46. The second-order valence-electron chi connectivity index (χ2n) is 4.73. The molecule has 0 unspecified atom stereocenters. The van der Waals surface area contributed by atoms with Gasteiger partial charge in [0.05, 0.1) is 12.7 Å². The summed E-state index contributed by atoms with van der Waals surface area (Å²) in [6.45, 7) is 4.41. The van der Waals surface area contributed by atoms with Gasteiger partial charge in [-0.05, 0) is 18.1 Å². The Balaban J connectivity index is 2.30. The van der Waals surface area contributed by atoms with E-state index < -0.39 is 0 Å². The number of carbonyl (C=O) groups excluding carboxylic acids is 1. The van der Waals surface area contributed by atoms with E-state index in [4.69, 9.17) is 16.3 Å². The summed E-state index contributed by atoms with van der Waals surface area (Å²) in [4.78, 5) is 16.0. The van der Waals surface area contributed by atoms with E-state index in [9.17, 15) is 4.79 Å². The first-order valence-corrected chi connectivity index (χ1v) is 8.64. The zero-order valence-corrected chi connectivity index (χ0v) is 14.3. The maximum absolute atomic E-state index is 11.6. The van der Waals surface area contributed by atoms with E-state index in [1.165, 1.54) is 0 Å². The monoisotopic (exact) mass is 338 g/mol. The third-order valence-electron chi connectivity index (χ3n) is 3.01. The van der Waals surface area contributed by atoms with Gasteiger partial charge in [-0.15, -0.1) is 0 Å². The van der Waals surface area contributed by atoms with Gasteiger partial charge in [0.15, 0.2) is 5.16 Å². The van der Waals surface area contributed by atoms with Crippen LogP contribution in [0.1, 0.15) is 32.3 Å². The Bertz CT molecular complexity index is 643. The number of aromatic nitrogens is 2. The number of esters is 1. The zero-order chi connectivity index (χ0) is 15.9. The Morgan fingerprint density at radius 2 is 2.14 bits per heavy atom. The van der Waals surface area contributed by atoms with E-state index in [1.807, 2.05) is 28.8 Å². The van der Waals surface area contributed by atoms with Crippen LogP contribution in [0.5, 0.6) is 5.88 Å². The van der Waals surface area contributed by atoms with E-state index in [1.54, 1.807) is 24.9 Å². The molecule has 0 bridgehead atoms. The summed E-state index contributed by atoms with van der Waals surface area (Å²) in [6.07, 6.45) is 2.98. The summed E-state index contributed by atoms with van der Waals surface area (Å²) in [5.41, 5.74) is 0.967. The molecule has 0 saturated heterocycles. The van der Waals surface area contributed by atoms with Gasteiger partial charge < -0.3 is 4.74 Å². The molecule has 0 spiro atoms. The van der Waals surface area contributed by atoms with Crippen LogP contribution < -0.4 is 4.74 Å². The molecule has 0 radical (unpaired) electrons. The fourth-order valence-corrected chi connectivity index (χ4v) is 2.89. The van der Waals surface area contributed by atoms with Gasteiger partial charge in [0.25, 0.3) is 0 Å². The van der Waals surface area contributed by atoms with Gasteiger partial charge in [0.1, 0.15) is 0 Å². The maximum Gasteiger partial charge on any atom is 0.312 e. The lowest BCUT2D eigenvalue weighted by molar-refractivity contribution is -0.134. The molecule has 0 amide bonds. The van der Waals surface area contributed by atoms with Gasteiger partial charge in [-0.2, -0.15) is 0 Å². The number of nitrogens with zero attached hydrogens (tertiary/aromatic N) is 2. The lowest BCUT2D eigenvalue weighted by atomic mass is 10.2. The second-order valence-corrected chi connectivity index (χ2v) is 6.20. The van der Waals surface area contributed by atoms with E-state index >= 15 is 0 Å². The summed E-state index contributed by atoms with van der Waals surface area (Å²) in [6, 6.07) is 7.64. The molecule has 2 aromatic rings. The first kappa shape index (κ1) is 16.9. The van der Waals surface area contributed by atoms with Crippen molar-refractivity contribution in [1.29, 1.82) is 0 Å². The highest BCUT2D eigenvalue weighted by molar-refractivity contribution is 7.99. The molecule has 0 atom stereocenters. The molecular formula is C16H19ClN2O2S. The van der Waals surface area contributed by atoms with E-state index in [-0.39, 0.29) is 5.97 Å². The fourth-order valence-electron chi connectivity index (χ4n) is 1.87. The fraction of sp³-hybridized carbons (Fsp3) is 0.375. The lowest BCUT2D eigenvalue weighted by Crippen LogP contribution is -2.11. The lowest BCUT2D eigenvalue weighted by Gasteiger charge is -2.12. The highest BCUT2D eigenvalue weighted by atomic mass is 35.5. The standard InChI is InChI=1S/C16H19ClN2O2S/c1-3-9-22-16-18-10-14(21-15(20)4-2)19(16)11-12-7-5-6-8-13(12)17/h5-8,10H,3-4,9,11H2,1-2H3. The number of rotatable bonds is 7. The van der Waals surface area contributed by atoms with Crippen LogP contribution in [-0.4, -0.2) is 21.3 Å². The molecular weight excluding hydrogens is 320 g/mol. The van der Waals surface area contributed by atoms with Gasteiger partial charge in [-0.3, -0.25) is 9.36 Å². The van der Waals surface area contributed by atoms with Crippen molar-refractivity contribution in [2.24, 2.45) is 0 Å². The van der Waals surface area contributed by atoms with Crippen LogP contribution in [0.3, 0.4) is 0 Å². The van der Waals surface area contributed by atoms with Crippen LogP contribution >= 0.6 is 23.4 Å². The quantitative estimate of drug-likeness (QED) is 0.554. The molecule has 0 saturated carbocycles. The van der Waals surface area contributed by atoms with E-state index in [0.717, 1.165) is 22.9 Å². The minimum atomic E-state index is -0.271. The Morgan fingerprint density at radius 1 is 1.36 bits per heavy atom. The zero-order valence-electron chi connectivity index (χ0n) is 12.7. The van der Waals surface area contributed by atoms with Gasteiger partial charge in [-0.1, -0.05) is 55.4 Å². The number of imidazole rings is 1. The maximum atomic E-state index is 11.6. The average Bonchev–Trinajstić information content (AvgIpc) is 2.89. The molecule has 1 heterocycles. The average molecular weight is 339 g/mol. The van der Waals surface area contributed by atoms with Gasteiger partial charge in [-0.25, -0.2) is 4.98 Å². The summed E-state index contributed by atoms with van der Waals surface area (Å²) in [5, 5.41) is 1.52. The summed E-state index contributed by atoms with van der Waals surface area (Å²) < 4.78 is 7.27. The van der Waals surface area contributed by atoms with Gasteiger partial charge in [0, 0.05) is 17.2 Å². The second kappa shape index (κ2) is 8.25. The van der Waals surface area contributed by atoms with Crippen LogP contribution in [0.4, 0.5) is 0 Å². The molecule has 0 aliphatic carbocycles. The number of thioether (sulfide) groups is 1. The molecule has 6 heteroatoms. The van der Waals surface area contributed by atoms with E-state index in [0.29, 0.717) is 23.9 Å². The van der Waals surface area contributed by atoms with Crippen molar-refractivity contribution < 1.29 is 9.53 Å². The normalized spacial score (nSPS) is 10.7. The first-order chi connectivity index (χ1) is 10.7. The molecule has 0 aliphatic rings. The first-order valence-electron chi connectivity index (χ1n) is 7.28. The number of halogens is 1. The van der Waals surface area contributed by atoms with Crippen molar-refractivity contribution in [3.8, 4) is 5.88 Å². The number of hydrogen-bond acceptors (Lipinski definition) is 4. The Kier molecular flexibility index (Phi) is 6.34. The van der Waals surface area contributed by atoms with Crippen LogP contribution in [0.2, 0.25) is 5.02 Å². The molecule has 1 aromatic heterocycles. The summed E-state index contributed by atoms with van der Waals surface area (Å²) in [5.74, 6) is 1.15. The molecule has 22 heavy (non-hydrogen) atoms. The van der Waals surface area contributed by atoms with Gasteiger partial charge in [0.2, 0.25) is 5.88 Å². The molecule has 0 N–H and O–H groups in total. The van der Waals surface area contributed by atoms with Crippen LogP contribution in [0, 0.1) is 0 Å². The van der Waals surface area contributed by atoms with E-state index in [2.05, 4.69) is 11.9 Å².